The van der Waals surface area contributed by atoms with Gasteiger partial charge in [0.2, 0.25) is 5.89 Å². The van der Waals surface area contributed by atoms with E-state index in [0.29, 0.717) is 37.5 Å². The van der Waals surface area contributed by atoms with Crippen LogP contribution in [0.2, 0.25) is 0 Å². The molecule has 1 saturated heterocycles. The molecule has 2 N–H and O–H groups in total. The van der Waals surface area contributed by atoms with Crippen molar-refractivity contribution in [2.45, 2.75) is 38.6 Å². The van der Waals surface area contributed by atoms with Gasteiger partial charge in [-0.3, -0.25) is 0 Å². The fourth-order valence-electron chi connectivity index (χ4n) is 2.46. The van der Waals surface area contributed by atoms with Crippen LogP contribution in [0.3, 0.4) is 0 Å². The third-order valence-electron chi connectivity index (χ3n) is 4.18. The normalized spacial score (nSPS) is 22.8. The Labute approximate surface area is 118 Å². The van der Waals surface area contributed by atoms with Gasteiger partial charge in [-0.15, -0.1) is 0 Å². The molecule has 1 saturated carbocycles. The SMILES string of the molecule is CC(C)C(NCC1(CO)COC1)c1nc(C2CC2)no1. The van der Waals surface area contributed by atoms with E-state index in [1.54, 1.807) is 0 Å². The number of aliphatic hydroxyl groups excluding tert-OH is 1. The lowest BCUT2D eigenvalue weighted by Gasteiger charge is -2.41. The molecule has 0 spiro atoms. The van der Waals surface area contributed by atoms with E-state index in [9.17, 15) is 5.11 Å². The summed E-state index contributed by atoms with van der Waals surface area (Å²) < 4.78 is 10.6. The summed E-state index contributed by atoms with van der Waals surface area (Å²) in [5.74, 6) is 2.36. The summed E-state index contributed by atoms with van der Waals surface area (Å²) in [6, 6.07) is 0.0269. The maximum atomic E-state index is 9.47. The maximum Gasteiger partial charge on any atom is 0.244 e. The monoisotopic (exact) mass is 281 g/mol. The largest absolute Gasteiger partial charge is 0.396 e. The first-order valence-corrected chi connectivity index (χ1v) is 7.39. The number of aromatic nitrogens is 2. The van der Waals surface area contributed by atoms with E-state index in [-0.39, 0.29) is 18.1 Å². The zero-order valence-corrected chi connectivity index (χ0v) is 12.1. The molecule has 1 atom stereocenters. The average Bonchev–Trinajstić information content (AvgIpc) is 3.12. The van der Waals surface area contributed by atoms with E-state index in [1.165, 1.54) is 12.8 Å². The molecular formula is C14H23N3O3. The van der Waals surface area contributed by atoms with Crippen molar-refractivity contribution < 1.29 is 14.4 Å². The minimum atomic E-state index is -0.146. The van der Waals surface area contributed by atoms with E-state index < -0.39 is 0 Å². The van der Waals surface area contributed by atoms with Gasteiger partial charge in [-0.2, -0.15) is 4.98 Å². The summed E-state index contributed by atoms with van der Waals surface area (Å²) in [5.41, 5.74) is -0.146. The van der Waals surface area contributed by atoms with Crippen molar-refractivity contribution in [3.8, 4) is 0 Å². The Morgan fingerprint density at radius 1 is 1.40 bits per heavy atom. The van der Waals surface area contributed by atoms with Crippen molar-refractivity contribution in [1.82, 2.24) is 15.5 Å². The second-order valence-electron chi connectivity index (χ2n) is 6.52. The van der Waals surface area contributed by atoms with Crippen molar-refractivity contribution in [2.24, 2.45) is 11.3 Å². The highest BCUT2D eigenvalue weighted by Crippen LogP contribution is 2.38. The number of ether oxygens (including phenoxy) is 1. The third-order valence-corrected chi connectivity index (χ3v) is 4.18. The van der Waals surface area contributed by atoms with Gasteiger partial charge in [0.25, 0.3) is 0 Å². The van der Waals surface area contributed by atoms with Crippen LogP contribution >= 0.6 is 0 Å². The predicted molar refractivity (Wildman–Crippen MR) is 72.2 cm³/mol. The standard InChI is InChI=1S/C14H23N3O3/c1-9(2)11(15-5-14(6-18)7-19-8-14)13-16-12(17-20-13)10-3-4-10/h9-11,15,18H,3-8H2,1-2H3. The molecule has 20 heavy (non-hydrogen) atoms. The fourth-order valence-corrected chi connectivity index (χ4v) is 2.46. The van der Waals surface area contributed by atoms with E-state index in [2.05, 4.69) is 29.3 Å². The van der Waals surface area contributed by atoms with Gasteiger partial charge in [0.1, 0.15) is 0 Å². The predicted octanol–water partition coefficient (Wildman–Crippen LogP) is 1.24. The fraction of sp³-hybridized carbons (Fsp3) is 0.857. The van der Waals surface area contributed by atoms with Crippen LogP contribution in [0.4, 0.5) is 0 Å². The lowest BCUT2D eigenvalue weighted by atomic mass is 9.86. The molecule has 0 aromatic carbocycles. The molecule has 2 fully saturated rings. The van der Waals surface area contributed by atoms with Gasteiger partial charge in [0.15, 0.2) is 5.82 Å². The molecular weight excluding hydrogens is 258 g/mol. The van der Waals surface area contributed by atoms with Gasteiger partial charge in [0, 0.05) is 12.5 Å². The van der Waals surface area contributed by atoms with Crippen molar-refractivity contribution in [1.29, 1.82) is 0 Å². The second kappa shape index (κ2) is 5.42. The van der Waals surface area contributed by atoms with Gasteiger partial charge >= 0.3 is 0 Å². The molecule has 3 rings (SSSR count). The number of hydrogen-bond acceptors (Lipinski definition) is 6. The Kier molecular flexibility index (Phi) is 3.79. The number of hydrogen-bond donors (Lipinski definition) is 2. The van der Waals surface area contributed by atoms with Crippen molar-refractivity contribution in [3.63, 3.8) is 0 Å². The topological polar surface area (TPSA) is 80.4 Å². The van der Waals surface area contributed by atoms with Crippen LogP contribution in [-0.2, 0) is 4.74 Å². The molecule has 2 aliphatic rings. The first-order chi connectivity index (χ1) is 9.63. The molecule has 0 amide bonds. The molecule has 0 bridgehead atoms. The minimum absolute atomic E-state index is 0.0269. The van der Waals surface area contributed by atoms with Crippen LogP contribution in [0.5, 0.6) is 0 Å². The van der Waals surface area contributed by atoms with Crippen molar-refractivity contribution >= 4 is 0 Å². The molecule has 1 aromatic heterocycles. The Hall–Kier alpha value is -0.980. The summed E-state index contributed by atoms with van der Waals surface area (Å²) in [4.78, 5) is 4.53. The number of aliphatic hydroxyl groups is 1. The van der Waals surface area contributed by atoms with Crippen LogP contribution in [0.1, 0.15) is 50.4 Å². The van der Waals surface area contributed by atoms with Crippen LogP contribution in [-0.4, -0.2) is 41.6 Å². The summed E-state index contributed by atoms with van der Waals surface area (Å²) >= 11 is 0. The van der Waals surface area contributed by atoms with Crippen LogP contribution in [0.25, 0.3) is 0 Å². The van der Waals surface area contributed by atoms with E-state index >= 15 is 0 Å². The molecule has 2 heterocycles. The quantitative estimate of drug-likeness (QED) is 0.783. The minimum Gasteiger partial charge on any atom is -0.396 e. The van der Waals surface area contributed by atoms with Crippen LogP contribution < -0.4 is 5.32 Å². The zero-order chi connectivity index (χ0) is 14.2. The zero-order valence-electron chi connectivity index (χ0n) is 12.1. The Bertz CT molecular complexity index is 447. The molecule has 1 unspecified atom stereocenters. The van der Waals surface area contributed by atoms with Gasteiger partial charge in [0.05, 0.1) is 31.3 Å². The first kappa shape index (κ1) is 14.0. The average molecular weight is 281 g/mol. The molecule has 0 radical (unpaired) electrons. The van der Waals surface area contributed by atoms with Gasteiger partial charge in [-0.1, -0.05) is 19.0 Å². The summed E-state index contributed by atoms with van der Waals surface area (Å²) in [6.45, 7) is 6.31. The molecule has 112 valence electrons. The van der Waals surface area contributed by atoms with Crippen LogP contribution in [0, 0.1) is 11.3 Å². The lowest BCUT2D eigenvalue weighted by Crippen LogP contribution is -2.53. The first-order valence-electron chi connectivity index (χ1n) is 7.39. The smallest absolute Gasteiger partial charge is 0.244 e. The lowest BCUT2D eigenvalue weighted by molar-refractivity contribution is -0.135. The Balaban J connectivity index is 1.65. The molecule has 1 aliphatic carbocycles. The second-order valence-corrected chi connectivity index (χ2v) is 6.52. The molecule has 1 aromatic rings. The van der Waals surface area contributed by atoms with E-state index in [1.807, 2.05) is 0 Å². The van der Waals surface area contributed by atoms with Crippen molar-refractivity contribution in [2.75, 3.05) is 26.4 Å². The summed E-state index contributed by atoms with van der Waals surface area (Å²) in [5, 5.41) is 17.0. The van der Waals surface area contributed by atoms with Crippen LogP contribution in [0.15, 0.2) is 4.52 Å². The van der Waals surface area contributed by atoms with Gasteiger partial charge in [-0.05, 0) is 18.8 Å². The number of nitrogens with zero attached hydrogens (tertiary/aromatic N) is 2. The van der Waals surface area contributed by atoms with E-state index in [4.69, 9.17) is 9.26 Å². The maximum absolute atomic E-state index is 9.47. The molecule has 6 nitrogen and oxygen atoms in total. The number of rotatable bonds is 7. The Morgan fingerprint density at radius 2 is 2.15 bits per heavy atom. The summed E-state index contributed by atoms with van der Waals surface area (Å²) in [7, 11) is 0. The number of nitrogens with one attached hydrogen (secondary N) is 1. The molecule has 1 aliphatic heterocycles. The highest BCUT2D eigenvalue weighted by molar-refractivity contribution is 5.05. The Morgan fingerprint density at radius 3 is 2.65 bits per heavy atom. The summed E-state index contributed by atoms with van der Waals surface area (Å²) in [6.07, 6.45) is 2.34. The van der Waals surface area contributed by atoms with E-state index in [0.717, 1.165) is 5.82 Å². The van der Waals surface area contributed by atoms with Gasteiger partial charge in [-0.25, -0.2) is 0 Å². The van der Waals surface area contributed by atoms with Crippen molar-refractivity contribution in [3.05, 3.63) is 11.7 Å². The highest BCUT2D eigenvalue weighted by Gasteiger charge is 2.39. The van der Waals surface area contributed by atoms with Gasteiger partial charge < -0.3 is 19.7 Å². The third kappa shape index (κ3) is 2.73. The highest BCUT2D eigenvalue weighted by atomic mass is 16.5. The molecule has 6 heteroatoms.